The summed E-state index contributed by atoms with van der Waals surface area (Å²) in [7, 11) is 0. The molecule has 0 saturated carbocycles. The monoisotopic (exact) mass is 378 g/mol. The highest BCUT2D eigenvalue weighted by molar-refractivity contribution is 6.05. The molecule has 0 spiro atoms. The van der Waals surface area contributed by atoms with Gasteiger partial charge in [-0.05, 0) is 55.2 Å². The summed E-state index contributed by atoms with van der Waals surface area (Å²) in [5, 5.41) is 13.6. The second-order valence-corrected chi connectivity index (χ2v) is 7.02. The predicted molar refractivity (Wildman–Crippen MR) is 106 cm³/mol. The lowest BCUT2D eigenvalue weighted by Gasteiger charge is -2.12. The van der Waals surface area contributed by atoms with Crippen LogP contribution in [0.25, 0.3) is 10.9 Å². The van der Waals surface area contributed by atoms with Gasteiger partial charge in [0.1, 0.15) is 6.10 Å². The number of rotatable bonds is 5. The van der Waals surface area contributed by atoms with Gasteiger partial charge in [-0.15, -0.1) is 0 Å². The summed E-state index contributed by atoms with van der Waals surface area (Å²) in [4.78, 5) is 24.9. The van der Waals surface area contributed by atoms with Gasteiger partial charge in [0.05, 0.1) is 17.3 Å². The molecule has 1 unspecified atom stereocenters. The summed E-state index contributed by atoms with van der Waals surface area (Å²) in [5.41, 5.74) is 3.87. The number of aryl methyl sites for hydroxylation is 1. The Kier molecular flexibility index (Phi) is 5.08. The summed E-state index contributed by atoms with van der Waals surface area (Å²) in [6.45, 7) is 2.93. The SMILES string of the molecule is Cc1cc(C(=O)NCc2cccc(NC(=O)C3CCCO3)c2)c2[nH]ncc2c1. The molecule has 3 aromatic rings. The Labute approximate surface area is 162 Å². The van der Waals surface area contributed by atoms with E-state index in [4.69, 9.17) is 4.74 Å². The molecule has 2 heterocycles. The van der Waals surface area contributed by atoms with Crippen LogP contribution in [0, 0.1) is 6.92 Å². The van der Waals surface area contributed by atoms with Crippen LogP contribution in [0.1, 0.15) is 34.3 Å². The maximum absolute atomic E-state index is 12.7. The van der Waals surface area contributed by atoms with Crippen molar-refractivity contribution in [3.05, 3.63) is 59.3 Å². The average Bonchev–Trinajstić information content (AvgIpc) is 3.37. The molecular weight excluding hydrogens is 356 g/mol. The zero-order valence-electron chi connectivity index (χ0n) is 15.6. The smallest absolute Gasteiger partial charge is 0.253 e. The van der Waals surface area contributed by atoms with E-state index in [0.717, 1.165) is 34.9 Å². The molecule has 7 heteroatoms. The first-order valence-electron chi connectivity index (χ1n) is 9.33. The Bertz CT molecular complexity index is 1020. The summed E-state index contributed by atoms with van der Waals surface area (Å²) < 4.78 is 5.41. The lowest BCUT2D eigenvalue weighted by molar-refractivity contribution is -0.124. The Balaban J connectivity index is 1.42. The number of anilines is 1. The first kappa shape index (κ1) is 18.2. The van der Waals surface area contributed by atoms with E-state index in [0.29, 0.717) is 24.4 Å². The number of hydrogen-bond donors (Lipinski definition) is 3. The summed E-state index contributed by atoms with van der Waals surface area (Å²) in [6, 6.07) is 11.3. The zero-order valence-corrected chi connectivity index (χ0v) is 15.6. The molecule has 1 aromatic heterocycles. The van der Waals surface area contributed by atoms with Crippen molar-refractivity contribution in [1.82, 2.24) is 15.5 Å². The number of aromatic amines is 1. The maximum atomic E-state index is 12.7. The minimum Gasteiger partial charge on any atom is -0.368 e. The fourth-order valence-electron chi connectivity index (χ4n) is 3.43. The van der Waals surface area contributed by atoms with Crippen LogP contribution in [0.15, 0.2) is 42.6 Å². The van der Waals surface area contributed by atoms with Crippen molar-refractivity contribution in [3.8, 4) is 0 Å². The highest BCUT2D eigenvalue weighted by atomic mass is 16.5. The molecule has 2 aromatic carbocycles. The van der Waals surface area contributed by atoms with Crippen molar-refractivity contribution in [2.45, 2.75) is 32.4 Å². The molecule has 0 bridgehead atoms. The van der Waals surface area contributed by atoms with Gasteiger partial charge in [0, 0.05) is 24.2 Å². The molecule has 7 nitrogen and oxygen atoms in total. The summed E-state index contributed by atoms with van der Waals surface area (Å²) in [6.07, 6.45) is 2.99. The number of aromatic nitrogens is 2. The third-order valence-corrected chi connectivity index (χ3v) is 4.81. The van der Waals surface area contributed by atoms with E-state index in [1.165, 1.54) is 0 Å². The van der Waals surface area contributed by atoms with Crippen molar-refractivity contribution >= 4 is 28.4 Å². The number of hydrogen-bond acceptors (Lipinski definition) is 4. The van der Waals surface area contributed by atoms with Crippen molar-refractivity contribution in [1.29, 1.82) is 0 Å². The van der Waals surface area contributed by atoms with Gasteiger partial charge in [-0.1, -0.05) is 12.1 Å². The molecule has 0 aliphatic carbocycles. The van der Waals surface area contributed by atoms with Gasteiger partial charge in [-0.25, -0.2) is 0 Å². The van der Waals surface area contributed by atoms with Crippen molar-refractivity contribution in [3.63, 3.8) is 0 Å². The van der Waals surface area contributed by atoms with E-state index < -0.39 is 0 Å². The van der Waals surface area contributed by atoms with Crippen LogP contribution < -0.4 is 10.6 Å². The topological polar surface area (TPSA) is 96.1 Å². The quantitative estimate of drug-likeness (QED) is 0.636. The molecular formula is C21H22N4O3. The Morgan fingerprint density at radius 1 is 1.29 bits per heavy atom. The molecule has 4 rings (SSSR count). The van der Waals surface area contributed by atoms with Gasteiger partial charge in [0.2, 0.25) is 0 Å². The lowest BCUT2D eigenvalue weighted by atomic mass is 10.1. The summed E-state index contributed by atoms with van der Waals surface area (Å²) in [5.74, 6) is -0.299. The molecule has 1 aliphatic heterocycles. The molecule has 1 fully saturated rings. The largest absolute Gasteiger partial charge is 0.368 e. The molecule has 1 saturated heterocycles. The molecule has 1 atom stereocenters. The van der Waals surface area contributed by atoms with Gasteiger partial charge in [0.25, 0.3) is 11.8 Å². The minimum atomic E-state index is -0.374. The first-order valence-corrected chi connectivity index (χ1v) is 9.33. The number of nitrogens with zero attached hydrogens (tertiary/aromatic N) is 1. The van der Waals surface area contributed by atoms with Crippen LogP contribution in [0.5, 0.6) is 0 Å². The van der Waals surface area contributed by atoms with Crippen molar-refractivity contribution < 1.29 is 14.3 Å². The highest BCUT2D eigenvalue weighted by Gasteiger charge is 2.23. The Hall–Kier alpha value is -3.19. The number of benzene rings is 2. The van der Waals surface area contributed by atoms with E-state index in [2.05, 4.69) is 20.8 Å². The minimum absolute atomic E-state index is 0.125. The van der Waals surface area contributed by atoms with Gasteiger partial charge < -0.3 is 15.4 Å². The van der Waals surface area contributed by atoms with Crippen LogP contribution in [-0.4, -0.2) is 34.7 Å². The summed E-state index contributed by atoms with van der Waals surface area (Å²) >= 11 is 0. The normalized spacial score (nSPS) is 16.2. The van der Waals surface area contributed by atoms with E-state index in [1.807, 2.05) is 43.3 Å². The van der Waals surface area contributed by atoms with E-state index >= 15 is 0 Å². The van der Waals surface area contributed by atoms with E-state index in [-0.39, 0.29) is 17.9 Å². The van der Waals surface area contributed by atoms with Gasteiger partial charge in [-0.2, -0.15) is 5.10 Å². The van der Waals surface area contributed by atoms with Gasteiger partial charge in [0.15, 0.2) is 0 Å². The van der Waals surface area contributed by atoms with Crippen LogP contribution >= 0.6 is 0 Å². The van der Waals surface area contributed by atoms with Crippen LogP contribution in [-0.2, 0) is 16.1 Å². The number of amides is 2. The average molecular weight is 378 g/mol. The van der Waals surface area contributed by atoms with E-state index in [1.54, 1.807) is 6.20 Å². The van der Waals surface area contributed by atoms with Crippen LogP contribution in [0.2, 0.25) is 0 Å². The Morgan fingerprint density at radius 3 is 3.00 bits per heavy atom. The molecule has 0 radical (unpaired) electrons. The van der Waals surface area contributed by atoms with Gasteiger partial charge in [-0.3, -0.25) is 14.7 Å². The van der Waals surface area contributed by atoms with Crippen molar-refractivity contribution in [2.75, 3.05) is 11.9 Å². The standard InChI is InChI=1S/C21H22N4O3/c1-13-8-15-12-23-25-19(15)17(9-13)20(26)22-11-14-4-2-5-16(10-14)24-21(27)18-6-3-7-28-18/h2,4-5,8-10,12,18H,3,6-7,11H2,1H3,(H,22,26)(H,23,25)(H,24,27). The second-order valence-electron chi connectivity index (χ2n) is 7.02. The maximum Gasteiger partial charge on any atom is 0.253 e. The number of carbonyl (C=O) groups excluding carboxylic acids is 2. The molecule has 144 valence electrons. The molecule has 28 heavy (non-hydrogen) atoms. The Morgan fingerprint density at radius 2 is 2.18 bits per heavy atom. The van der Waals surface area contributed by atoms with E-state index in [9.17, 15) is 9.59 Å². The van der Waals surface area contributed by atoms with Crippen LogP contribution in [0.4, 0.5) is 5.69 Å². The highest BCUT2D eigenvalue weighted by Crippen LogP contribution is 2.19. The van der Waals surface area contributed by atoms with Crippen LogP contribution in [0.3, 0.4) is 0 Å². The fourth-order valence-corrected chi connectivity index (χ4v) is 3.43. The number of fused-ring (bicyclic) bond motifs is 1. The number of carbonyl (C=O) groups is 2. The zero-order chi connectivity index (χ0) is 19.5. The second kappa shape index (κ2) is 7.82. The molecule has 3 N–H and O–H groups in total. The molecule has 2 amide bonds. The fraction of sp³-hybridized carbons (Fsp3) is 0.286. The number of ether oxygens (including phenoxy) is 1. The predicted octanol–water partition coefficient (Wildman–Crippen LogP) is 2.92. The third-order valence-electron chi connectivity index (χ3n) is 4.81. The van der Waals surface area contributed by atoms with Gasteiger partial charge >= 0.3 is 0 Å². The number of H-pyrrole nitrogens is 1. The third kappa shape index (κ3) is 3.89. The molecule has 1 aliphatic rings. The first-order chi connectivity index (χ1) is 13.6. The number of nitrogens with one attached hydrogen (secondary N) is 3. The van der Waals surface area contributed by atoms with Crippen molar-refractivity contribution in [2.24, 2.45) is 0 Å². The lowest BCUT2D eigenvalue weighted by Crippen LogP contribution is -2.27.